The van der Waals surface area contributed by atoms with Gasteiger partial charge >= 0.3 is 5.82 Å². The Morgan fingerprint density at radius 3 is 2.45 bits per heavy atom. The van der Waals surface area contributed by atoms with Crippen LogP contribution in [0.3, 0.4) is 0 Å². The highest BCUT2D eigenvalue weighted by Gasteiger charge is 2.20. The molecule has 0 aliphatic heterocycles. The second kappa shape index (κ2) is 2.50. The standard InChI is InChI=1S/C5H6ClN3O2/c1-3-7-5(9(10)11)4(6)8(3)2/h1-2H3. The number of aromatic nitrogens is 2. The Labute approximate surface area is 67.8 Å². The summed E-state index contributed by atoms with van der Waals surface area (Å²) in [5.74, 6) is 0.244. The summed E-state index contributed by atoms with van der Waals surface area (Å²) in [5.41, 5.74) is 0. The van der Waals surface area contributed by atoms with Gasteiger partial charge < -0.3 is 10.1 Å². The second-order valence-electron chi connectivity index (χ2n) is 2.09. The first kappa shape index (κ1) is 8.00. The van der Waals surface area contributed by atoms with Crippen molar-refractivity contribution in [1.29, 1.82) is 0 Å². The SMILES string of the molecule is Cc1nc([N+](=O)[O-])c(Cl)n1C. The highest BCUT2D eigenvalue weighted by molar-refractivity contribution is 6.31. The molecule has 6 heteroatoms. The topological polar surface area (TPSA) is 61.0 Å². The van der Waals surface area contributed by atoms with Crippen molar-refractivity contribution in [3.63, 3.8) is 0 Å². The molecule has 1 aromatic rings. The van der Waals surface area contributed by atoms with E-state index in [0.29, 0.717) is 5.82 Å². The summed E-state index contributed by atoms with van der Waals surface area (Å²) in [4.78, 5) is 13.3. The molecule has 0 unspecified atom stereocenters. The fraction of sp³-hybridized carbons (Fsp3) is 0.400. The quantitative estimate of drug-likeness (QED) is 0.477. The summed E-state index contributed by atoms with van der Waals surface area (Å²) in [6.07, 6.45) is 0. The van der Waals surface area contributed by atoms with E-state index in [1.54, 1.807) is 14.0 Å². The van der Waals surface area contributed by atoms with Crippen LogP contribution >= 0.6 is 11.6 Å². The summed E-state index contributed by atoms with van der Waals surface area (Å²) in [6, 6.07) is 0. The van der Waals surface area contributed by atoms with Gasteiger partial charge in [-0.1, -0.05) is 11.6 Å². The molecule has 1 aromatic heterocycles. The number of nitrogens with zero attached hydrogens (tertiary/aromatic N) is 3. The van der Waals surface area contributed by atoms with Crippen LogP contribution in [0.1, 0.15) is 5.82 Å². The maximum Gasteiger partial charge on any atom is 0.401 e. The minimum atomic E-state index is -0.602. The van der Waals surface area contributed by atoms with Gasteiger partial charge in [0.05, 0.1) is 0 Å². The van der Waals surface area contributed by atoms with Crippen molar-refractivity contribution in [3.8, 4) is 0 Å². The van der Waals surface area contributed by atoms with Crippen molar-refractivity contribution in [3.05, 3.63) is 21.1 Å². The van der Waals surface area contributed by atoms with Gasteiger partial charge in [0.25, 0.3) is 0 Å². The van der Waals surface area contributed by atoms with Crippen molar-refractivity contribution in [1.82, 2.24) is 9.55 Å². The molecule has 0 saturated carbocycles. The summed E-state index contributed by atoms with van der Waals surface area (Å²) in [7, 11) is 1.62. The van der Waals surface area contributed by atoms with Gasteiger partial charge in [-0.2, -0.15) is 0 Å². The molecule has 0 aliphatic rings. The van der Waals surface area contributed by atoms with Gasteiger partial charge in [0.1, 0.15) is 0 Å². The van der Waals surface area contributed by atoms with E-state index in [4.69, 9.17) is 11.6 Å². The lowest BCUT2D eigenvalue weighted by Gasteiger charge is -1.90. The summed E-state index contributed by atoms with van der Waals surface area (Å²) in [5, 5.41) is 10.3. The number of hydrogen-bond acceptors (Lipinski definition) is 3. The Kier molecular flexibility index (Phi) is 1.82. The lowest BCUT2D eigenvalue weighted by Crippen LogP contribution is -1.90. The van der Waals surface area contributed by atoms with Crippen LogP contribution in [0.15, 0.2) is 0 Å². The minimum Gasteiger partial charge on any atom is -0.358 e. The molecular formula is C5H6ClN3O2. The maximum atomic E-state index is 10.2. The monoisotopic (exact) mass is 175 g/mol. The van der Waals surface area contributed by atoms with E-state index >= 15 is 0 Å². The van der Waals surface area contributed by atoms with Crippen molar-refractivity contribution < 1.29 is 4.92 Å². The fourth-order valence-electron chi connectivity index (χ4n) is 0.683. The zero-order valence-electron chi connectivity index (χ0n) is 6.04. The number of halogens is 1. The largest absolute Gasteiger partial charge is 0.401 e. The molecule has 0 aromatic carbocycles. The molecule has 0 amide bonds. The Bertz CT molecular complexity index is 307. The highest BCUT2D eigenvalue weighted by atomic mass is 35.5. The van der Waals surface area contributed by atoms with E-state index in [9.17, 15) is 10.1 Å². The first-order chi connectivity index (χ1) is 5.04. The molecule has 0 bridgehead atoms. The molecule has 1 rings (SSSR count). The predicted octanol–water partition coefficient (Wildman–Crippen LogP) is 1.29. The lowest BCUT2D eigenvalue weighted by atomic mass is 10.7. The first-order valence-corrected chi connectivity index (χ1v) is 3.25. The van der Waals surface area contributed by atoms with E-state index in [0.717, 1.165) is 0 Å². The van der Waals surface area contributed by atoms with Crippen molar-refractivity contribution in [2.24, 2.45) is 7.05 Å². The second-order valence-corrected chi connectivity index (χ2v) is 2.45. The molecule has 0 N–H and O–H groups in total. The molecular weight excluding hydrogens is 170 g/mol. The number of nitro groups is 1. The molecule has 1 heterocycles. The van der Waals surface area contributed by atoms with Crippen LogP contribution in [0, 0.1) is 17.0 Å². The van der Waals surface area contributed by atoms with Crippen LogP contribution in [0.4, 0.5) is 5.82 Å². The van der Waals surface area contributed by atoms with Crippen LogP contribution < -0.4 is 0 Å². The number of aryl methyl sites for hydroxylation is 1. The van der Waals surface area contributed by atoms with Gasteiger partial charge in [-0.15, -0.1) is 0 Å². The maximum absolute atomic E-state index is 10.2. The molecule has 0 saturated heterocycles. The highest BCUT2D eigenvalue weighted by Crippen LogP contribution is 2.22. The van der Waals surface area contributed by atoms with Crippen LogP contribution in [0.5, 0.6) is 0 Å². The smallest absolute Gasteiger partial charge is 0.358 e. The Morgan fingerprint density at radius 2 is 2.27 bits per heavy atom. The third kappa shape index (κ3) is 1.19. The van der Waals surface area contributed by atoms with Gasteiger partial charge in [-0.25, -0.2) is 0 Å². The molecule has 0 radical (unpaired) electrons. The summed E-state index contributed by atoms with van der Waals surface area (Å²) < 4.78 is 1.46. The average Bonchev–Trinajstić information content (AvgIpc) is 2.17. The third-order valence-electron chi connectivity index (χ3n) is 1.41. The van der Waals surface area contributed by atoms with Gasteiger partial charge in [0, 0.05) is 14.0 Å². The summed E-state index contributed by atoms with van der Waals surface area (Å²) in [6.45, 7) is 1.65. The van der Waals surface area contributed by atoms with E-state index in [2.05, 4.69) is 4.98 Å². The predicted molar refractivity (Wildman–Crippen MR) is 39.6 cm³/mol. The normalized spacial score (nSPS) is 10.1. The number of hydrogen-bond donors (Lipinski definition) is 0. The minimum absolute atomic E-state index is 0.0625. The number of rotatable bonds is 1. The molecule has 0 aliphatic carbocycles. The van der Waals surface area contributed by atoms with Crippen LogP contribution in [0.25, 0.3) is 0 Å². The first-order valence-electron chi connectivity index (χ1n) is 2.87. The van der Waals surface area contributed by atoms with E-state index in [-0.39, 0.29) is 11.0 Å². The van der Waals surface area contributed by atoms with Crippen LogP contribution in [-0.4, -0.2) is 14.5 Å². The van der Waals surface area contributed by atoms with E-state index in [1.807, 2.05) is 0 Å². The summed E-state index contributed by atoms with van der Waals surface area (Å²) >= 11 is 5.57. The average molecular weight is 176 g/mol. The van der Waals surface area contributed by atoms with Gasteiger partial charge in [0.15, 0.2) is 0 Å². The Morgan fingerprint density at radius 1 is 1.73 bits per heavy atom. The lowest BCUT2D eigenvalue weighted by molar-refractivity contribution is -0.389. The van der Waals surface area contributed by atoms with Gasteiger partial charge in [0.2, 0.25) is 11.0 Å². The molecule has 60 valence electrons. The Hall–Kier alpha value is -1.10. The van der Waals surface area contributed by atoms with Crippen LogP contribution in [0.2, 0.25) is 5.15 Å². The van der Waals surface area contributed by atoms with Crippen molar-refractivity contribution in [2.45, 2.75) is 6.92 Å². The number of imidazole rings is 1. The molecule has 0 spiro atoms. The van der Waals surface area contributed by atoms with Crippen LogP contribution in [-0.2, 0) is 7.05 Å². The van der Waals surface area contributed by atoms with Crippen molar-refractivity contribution in [2.75, 3.05) is 0 Å². The fourth-order valence-corrected chi connectivity index (χ4v) is 0.916. The molecule has 11 heavy (non-hydrogen) atoms. The Balaban J connectivity index is 3.29. The van der Waals surface area contributed by atoms with E-state index < -0.39 is 4.92 Å². The zero-order valence-corrected chi connectivity index (χ0v) is 6.79. The van der Waals surface area contributed by atoms with E-state index in [1.165, 1.54) is 4.57 Å². The molecule has 5 nitrogen and oxygen atoms in total. The molecule has 0 atom stereocenters. The zero-order chi connectivity index (χ0) is 8.59. The van der Waals surface area contributed by atoms with Crippen molar-refractivity contribution >= 4 is 17.4 Å². The molecule has 0 fully saturated rings. The van der Waals surface area contributed by atoms with Gasteiger partial charge in [-0.3, -0.25) is 4.57 Å². The third-order valence-corrected chi connectivity index (χ3v) is 1.83. The van der Waals surface area contributed by atoms with Gasteiger partial charge in [-0.05, 0) is 9.91 Å².